The van der Waals surface area contributed by atoms with Crippen LogP contribution in [0.5, 0.6) is 11.6 Å². The quantitative estimate of drug-likeness (QED) is 0.685. The lowest BCUT2D eigenvalue weighted by Gasteiger charge is -2.07. The summed E-state index contributed by atoms with van der Waals surface area (Å²) in [5.74, 6) is -0.668. The number of anilines is 1. The number of aromatic nitrogens is 1. The van der Waals surface area contributed by atoms with E-state index < -0.39 is 10.7 Å². The van der Waals surface area contributed by atoms with Gasteiger partial charge in [-0.3, -0.25) is 10.1 Å². The maximum atomic E-state index is 13.5. The van der Waals surface area contributed by atoms with Crippen LogP contribution in [-0.4, -0.2) is 17.0 Å². The van der Waals surface area contributed by atoms with Crippen molar-refractivity contribution in [1.29, 1.82) is 5.26 Å². The normalized spacial score (nSPS) is 9.76. The highest BCUT2D eigenvalue weighted by Gasteiger charge is 2.18. The molecule has 7 nitrogen and oxygen atoms in total. The van der Waals surface area contributed by atoms with Crippen LogP contribution in [0.4, 0.5) is 15.9 Å². The Morgan fingerprint density at radius 2 is 2.19 bits per heavy atom. The summed E-state index contributed by atoms with van der Waals surface area (Å²) >= 11 is 0. The first kappa shape index (κ1) is 14.2. The molecule has 0 aliphatic rings. The van der Waals surface area contributed by atoms with Gasteiger partial charge >= 0.3 is 11.6 Å². The summed E-state index contributed by atoms with van der Waals surface area (Å²) < 4.78 is 18.7. The topological polar surface area (TPSA) is 101 Å². The predicted molar refractivity (Wildman–Crippen MR) is 71.6 cm³/mol. The molecule has 0 aliphatic heterocycles. The molecule has 0 unspecified atom stereocenters. The second-order valence-electron chi connectivity index (χ2n) is 3.88. The molecule has 0 spiro atoms. The van der Waals surface area contributed by atoms with E-state index >= 15 is 0 Å². The molecule has 0 aliphatic carbocycles. The molecular weight excluding hydrogens is 279 g/mol. The van der Waals surface area contributed by atoms with E-state index in [4.69, 9.17) is 10.00 Å². The Morgan fingerprint density at radius 3 is 2.76 bits per heavy atom. The van der Waals surface area contributed by atoms with E-state index in [2.05, 4.69) is 10.3 Å². The Balaban J connectivity index is 2.40. The van der Waals surface area contributed by atoms with Crippen molar-refractivity contribution in [2.45, 2.75) is 0 Å². The van der Waals surface area contributed by atoms with E-state index in [1.54, 1.807) is 13.1 Å². The average molecular weight is 288 g/mol. The fraction of sp³-hybridized carbons (Fsp3) is 0.0769. The minimum absolute atomic E-state index is 0.00959. The first-order chi connectivity index (χ1) is 10.0. The van der Waals surface area contributed by atoms with Gasteiger partial charge in [0.1, 0.15) is 23.5 Å². The summed E-state index contributed by atoms with van der Waals surface area (Å²) in [7, 11) is 1.60. The van der Waals surface area contributed by atoms with Crippen molar-refractivity contribution >= 4 is 11.5 Å². The predicted octanol–water partition coefficient (Wildman–Crippen LogP) is 2.83. The summed E-state index contributed by atoms with van der Waals surface area (Å²) in [5, 5.41) is 22.3. The van der Waals surface area contributed by atoms with Gasteiger partial charge in [-0.1, -0.05) is 0 Å². The van der Waals surface area contributed by atoms with Crippen LogP contribution < -0.4 is 10.1 Å². The van der Waals surface area contributed by atoms with Crippen LogP contribution >= 0.6 is 0 Å². The number of nitro groups is 1. The number of hydrogen-bond acceptors (Lipinski definition) is 6. The van der Waals surface area contributed by atoms with Crippen LogP contribution in [0.15, 0.2) is 30.3 Å². The highest BCUT2D eigenvalue weighted by atomic mass is 19.1. The SMILES string of the molecule is CNc1ccc([N+](=O)[O-])c(Oc2ccc(C#N)c(F)c2)n1. The van der Waals surface area contributed by atoms with Gasteiger partial charge in [-0.05, 0) is 18.2 Å². The molecule has 106 valence electrons. The molecule has 1 heterocycles. The van der Waals surface area contributed by atoms with Gasteiger partial charge in [-0.2, -0.15) is 10.2 Å². The van der Waals surface area contributed by atoms with Crippen molar-refractivity contribution in [3.8, 4) is 17.7 Å². The fourth-order valence-electron chi connectivity index (χ4n) is 1.55. The molecule has 0 atom stereocenters. The van der Waals surface area contributed by atoms with Gasteiger partial charge in [-0.15, -0.1) is 0 Å². The molecule has 2 rings (SSSR count). The van der Waals surface area contributed by atoms with Gasteiger partial charge in [0.15, 0.2) is 0 Å². The molecule has 0 bridgehead atoms. The smallest absolute Gasteiger partial charge is 0.331 e. The molecule has 8 heteroatoms. The van der Waals surface area contributed by atoms with E-state index in [1.807, 2.05) is 0 Å². The van der Waals surface area contributed by atoms with E-state index in [-0.39, 0.29) is 22.9 Å². The minimum Gasteiger partial charge on any atom is -0.434 e. The molecule has 1 aromatic carbocycles. The molecular formula is C13H9FN4O3. The van der Waals surface area contributed by atoms with E-state index in [0.717, 1.165) is 6.07 Å². The zero-order valence-corrected chi connectivity index (χ0v) is 10.8. The Bertz CT molecular complexity index is 743. The average Bonchev–Trinajstić information content (AvgIpc) is 2.47. The summed E-state index contributed by atoms with van der Waals surface area (Å²) in [6.07, 6.45) is 0. The van der Waals surface area contributed by atoms with Crippen LogP contribution in [0.2, 0.25) is 0 Å². The molecule has 0 radical (unpaired) electrons. The third-order valence-electron chi connectivity index (χ3n) is 2.57. The number of ether oxygens (including phenoxy) is 1. The summed E-state index contributed by atoms with van der Waals surface area (Å²) in [6, 6.07) is 7.84. The highest BCUT2D eigenvalue weighted by molar-refractivity contribution is 5.50. The van der Waals surface area contributed by atoms with Crippen molar-refractivity contribution in [1.82, 2.24) is 4.98 Å². The minimum atomic E-state index is -0.776. The first-order valence-electron chi connectivity index (χ1n) is 5.76. The Kier molecular flexibility index (Phi) is 3.95. The standard InChI is InChI=1S/C13H9FN4O3/c1-16-12-5-4-11(18(19)20)13(17-12)21-9-3-2-8(7-15)10(14)6-9/h2-6H,1H3,(H,16,17). The zero-order valence-electron chi connectivity index (χ0n) is 10.8. The van der Waals surface area contributed by atoms with Crippen LogP contribution in [0, 0.1) is 27.3 Å². The van der Waals surface area contributed by atoms with E-state index in [0.29, 0.717) is 5.82 Å². The summed E-state index contributed by atoms with van der Waals surface area (Å²) in [5.41, 5.74) is -0.493. The van der Waals surface area contributed by atoms with E-state index in [1.165, 1.54) is 24.3 Å². The highest BCUT2D eigenvalue weighted by Crippen LogP contribution is 2.31. The molecule has 1 aromatic heterocycles. The lowest BCUT2D eigenvalue weighted by Crippen LogP contribution is -1.99. The molecule has 21 heavy (non-hydrogen) atoms. The van der Waals surface area contributed by atoms with E-state index in [9.17, 15) is 14.5 Å². The number of hydrogen-bond donors (Lipinski definition) is 1. The van der Waals surface area contributed by atoms with Gasteiger partial charge in [0.05, 0.1) is 10.5 Å². The Labute approximate surface area is 118 Å². The van der Waals surface area contributed by atoms with Gasteiger partial charge in [0.2, 0.25) is 0 Å². The van der Waals surface area contributed by atoms with Crippen molar-refractivity contribution in [3.05, 3.63) is 51.8 Å². The summed E-state index contributed by atoms with van der Waals surface area (Å²) in [6.45, 7) is 0. The number of nitrogens with zero attached hydrogens (tertiary/aromatic N) is 3. The largest absolute Gasteiger partial charge is 0.434 e. The Morgan fingerprint density at radius 1 is 1.43 bits per heavy atom. The van der Waals surface area contributed by atoms with Crippen LogP contribution in [-0.2, 0) is 0 Å². The lowest BCUT2D eigenvalue weighted by atomic mass is 10.2. The van der Waals surface area contributed by atoms with Crippen LogP contribution in [0.3, 0.4) is 0 Å². The van der Waals surface area contributed by atoms with Gasteiger partial charge in [0, 0.05) is 19.2 Å². The van der Waals surface area contributed by atoms with Crippen molar-refractivity contribution in [3.63, 3.8) is 0 Å². The molecule has 2 aromatic rings. The second-order valence-corrected chi connectivity index (χ2v) is 3.88. The molecule has 0 amide bonds. The third kappa shape index (κ3) is 3.03. The number of benzene rings is 1. The number of halogens is 1. The van der Waals surface area contributed by atoms with Gasteiger partial charge < -0.3 is 10.1 Å². The van der Waals surface area contributed by atoms with Crippen LogP contribution in [0.1, 0.15) is 5.56 Å². The maximum Gasteiger partial charge on any atom is 0.331 e. The molecule has 1 N–H and O–H groups in total. The van der Waals surface area contributed by atoms with Crippen molar-refractivity contribution in [2.24, 2.45) is 0 Å². The van der Waals surface area contributed by atoms with Crippen molar-refractivity contribution < 1.29 is 14.1 Å². The first-order valence-corrected chi connectivity index (χ1v) is 5.76. The van der Waals surface area contributed by atoms with Gasteiger partial charge in [-0.25, -0.2) is 4.39 Å². The number of nitriles is 1. The molecule has 0 fully saturated rings. The number of nitrogens with one attached hydrogen (secondary N) is 1. The summed E-state index contributed by atoms with van der Waals surface area (Å²) in [4.78, 5) is 14.2. The fourth-order valence-corrected chi connectivity index (χ4v) is 1.55. The third-order valence-corrected chi connectivity index (χ3v) is 2.57. The lowest BCUT2D eigenvalue weighted by molar-refractivity contribution is -0.386. The number of pyridine rings is 1. The van der Waals surface area contributed by atoms with Crippen LogP contribution in [0.25, 0.3) is 0 Å². The zero-order chi connectivity index (χ0) is 15.4. The monoisotopic (exact) mass is 288 g/mol. The second kappa shape index (κ2) is 5.83. The molecule has 0 saturated carbocycles. The molecule has 0 saturated heterocycles. The number of rotatable bonds is 4. The van der Waals surface area contributed by atoms with Crippen molar-refractivity contribution in [2.75, 3.05) is 12.4 Å². The van der Waals surface area contributed by atoms with Gasteiger partial charge in [0.25, 0.3) is 0 Å². The maximum absolute atomic E-state index is 13.5. The Hall–Kier alpha value is -3.21.